The van der Waals surface area contributed by atoms with Gasteiger partial charge in [-0.05, 0) is 12.1 Å². The van der Waals surface area contributed by atoms with Crippen LogP contribution in [0.1, 0.15) is 12.8 Å². The maximum absolute atomic E-state index is 12.3. The van der Waals surface area contributed by atoms with Gasteiger partial charge in [0.1, 0.15) is 4.90 Å². The van der Waals surface area contributed by atoms with E-state index in [0.717, 1.165) is 0 Å². The van der Waals surface area contributed by atoms with Gasteiger partial charge in [0.05, 0.1) is 22.6 Å². The first-order chi connectivity index (χ1) is 12.2. The lowest BCUT2D eigenvalue weighted by atomic mass is 10.1. The van der Waals surface area contributed by atoms with Crippen LogP contribution in [0.5, 0.6) is 0 Å². The summed E-state index contributed by atoms with van der Waals surface area (Å²) in [4.78, 5) is 37.7. The minimum absolute atomic E-state index is 0.0486. The first kappa shape index (κ1) is 19.1. The largest absolute Gasteiger partial charge is 0.337 e. The van der Waals surface area contributed by atoms with Crippen LogP contribution in [0.3, 0.4) is 0 Å². The van der Waals surface area contributed by atoms with Crippen LogP contribution in [0.4, 0.5) is 0 Å². The number of imide groups is 1. The van der Waals surface area contributed by atoms with Gasteiger partial charge in [-0.1, -0.05) is 29.3 Å². The van der Waals surface area contributed by atoms with E-state index in [1.54, 1.807) is 0 Å². The molecule has 2 aliphatic heterocycles. The molecule has 0 bridgehead atoms. The number of nitrogens with one attached hydrogen (secondary N) is 1. The molecule has 11 heteroatoms. The van der Waals surface area contributed by atoms with Crippen molar-refractivity contribution >= 4 is 50.9 Å². The first-order valence-corrected chi connectivity index (χ1v) is 10.0. The van der Waals surface area contributed by atoms with Gasteiger partial charge < -0.3 is 4.90 Å². The molecular formula is C15H15Cl2N3O5S. The van der Waals surface area contributed by atoms with E-state index < -0.39 is 22.5 Å². The molecule has 3 rings (SSSR count). The topological polar surface area (TPSA) is 104 Å². The molecule has 0 spiro atoms. The predicted octanol–water partition coefficient (Wildman–Crippen LogP) is 0.632. The second kappa shape index (κ2) is 7.15. The highest BCUT2D eigenvalue weighted by molar-refractivity contribution is 7.89. The first-order valence-electron chi connectivity index (χ1n) is 7.77. The third-order valence-corrected chi connectivity index (χ3v) is 6.63. The Hall–Kier alpha value is -1.68. The predicted molar refractivity (Wildman–Crippen MR) is 93.1 cm³/mol. The number of rotatable bonds is 5. The van der Waals surface area contributed by atoms with Gasteiger partial charge in [-0.2, -0.15) is 0 Å². The Bertz CT molecular complexity index is 847. The summed E-state index contributed by atoms with van der Waals surface area (Å²) in [5.74, 6) is -0.936. The summed E-state index contributed by atoms with van der Waals surface area (Å²) < 4.78 is 26.8. The Morgan fingerprint density at radius 3 is 2.19 bits per heavy atom. The lowest BCUT2D eigenvalue weighted by Gasteiger charge is -2.43. The number of likely N-dealkylation sites (tertiary alicyclic amines) is 2. The van der Waals surface area contributed by atoms with Crippen LogP contribution < -0.4 is 4.72 Å². The van der Waals surface area contributed by atoms with Crippen molar-refractivity contribution in [3.05, 3.63) is 28.2 Å². The third kappa shape index (κ3) is 3.57. The molecule has 2 aliphatic rings. The summed E-state index contributed by atoms with van der Waals surface area (Å²) in [6.45, 7) is -0.0751. The second-order valence-electron chi connectivity index (χ2n) is 5.99. The highest BCUT2D eigenvalue weighted by Crippen LogP contribution is 2.28. The van der Waals surface area contributed by atoms with Crippen LogP contribution in [0.25, 0.3) is 0 Å². The van der Waals surface area contributed by atoms with Gasteiger partial charge in [0.25, 0.3) is 0 Å². The number of benzene rings is 1. The lowest BCUT2D eigenvalue weighted by Crippen LogP contribution is -2.63. The average molecular weight is 420 g/mol. The fraction of sp³-hybridized carbons (Fsp3) is 0.400. The van der Waals surface area contributed by atoms with Crippen LogP contribution in [0, 0.1) is 0 Å². The molecule has 1 aromatic carbocycles. The Morgan fingerprint density at radius 2 is 1.65 bits per heavy atom. The number of nitrogens with zero attached hydrogens (tertiary/aromatic N) is 2. The van der Waals surface area contributed by atoms with E-state index in [1.807, 2.05) is 0 Å². The standard InChI is InChI=1S/C15H15Cl2N3O5S/c16-10-2-1-3-11(17)15(10)26(24,25)18-6-14(23)19-7-9(8-19)20-12(21)4-5-13(20)22/h1-3,9,18H,4-8H2. The van der Waals surface area contributed by atoms with Crippen LogP contribution >= 0.6 is 23.2 Å². The van der Waals surface area contributed by atoms with Gasteiger partial charge in [-0.15, -0.1) is 0 Å². The molecule has 0 atom stereocenters. The van der Waals surface area contributed by atoms with Gasteiger partial charge in [-0.3, -0.25) is 19.3 Å². The zero-order chi connectivity index (χ0) is 19.1. The van der Waals surface area contributed by atoms with E-state index in [1.165, 1.54) is 28.0 Å². The molecule has 2 heterocycles. The van der Waals surface area contributed by atoms with Crippen molar-refractivity contribution in [2.45, 2.75) is 23.8 Å². The summed E-state index contributed by atoms with van der Waals surface area (Å²) in [7, 11) is -4.06. The van der Waals surface area contributed by atoms with E-state index in [9.17, 15) is 22.8 Å². The minimum atomic E-state index is -4.06. The van der Waals surface area contributed by atoms with Crippen LogP contribution in [0.2, 0.25) is 10.0 Å². The molecule has 0 saturated carbocycles. The van der Waals surface area contributed by atoms with Crippen LogP contribution in [-0.2, 0) is 24.4 Å². The van der Waals surface area contributed by atoms with Crippen molar-refractivity contribution in [2.75, 3.05) is 19.6 Å². The molecule has 140 valence electrons. The minimum Gasteiger partial charge on any atom is -0.337 e. The number of halogens is 2. The summed E-state index contributed by atoms with van der Waals surface area (Å²) in [5.41, 5.74) is 0. The SMILES string of the molecule is O=C(CNS(=O)(=O)c1c(Cl)cccc1Cl)N1CC(N2C(=O)CCC2=O)C1. The number of hydrogen-bond donors (Lipinski definition) is 1. The highest BCUT2D eigenvalue weighted by atomic mass is 35.5. The fourth-order valence-electron chi connectivity index (χ4n) is 2.90. The molecule has 0 radical (unpaired) electrons. The molecule has 0 aliphatic carbocycles. The Kier molecular flexibility index (Phi) is 5.25. The maximum Gasteiger partial charge on any atom is 0.244 e. The molecule has 26 heavy (non-hydrogen) atoms. The number of carbonyl (C=O) groups is 3. The summed E-state index contributed by atoms with van der Waals surface area (Å²) in [6, 6.07) is 3.94. The van der Waals surface area contributed by atoms with E-state index in [2.05, 4.69) is 4.72 Å². The summed E-state index contributed by atoms with van der Waals surface area (Å²) >= 11 is 11.8. The van der Waals surface area contributed by atoms with Gasteiger partial charge in [0.2, 0.25) is 27.7 Å². The summed E-state index contributed by atoms with van der Waals surface area (Å²) in [6.07, 6.45) is 0.392. The molecule has 3 amide bonds. The molecule has 0 aromatic heterocycles. The van der Waals surface area contributed by atoms with Gasteiger partial charge in [-0.25, -0.2) is 13.1 Å². The van der Waals surface area contributed by atoms with Crippen molar-refractivity contribution in [2.24, 2.45) is 0 Å². The van der Waals surface area contributed by atoms with E-state index in [0.29, 0.717) is 0 Å². The fourth-order valence-corrected chi connectivity index (χ4v) is 5.02. The highest BCUT2D eigenvalue weighted by Gasteiger charge is 2.42. The molecular weight excluding hydrogens is 405 g/mol. The van der Waals surface area contributed by atoms with E-state index in [4.69, 9.17) is 23.2 Å². The zero-order valence-electron chi connectivity index (χ0n) is 13.4. The van der Waals surface area contributed by atoms with E-state index in [-0.39, 0.29) is 58.7 Å². The second-order valence-corrected chi connectivity index (χ2v) is 8.50. The maximum atomic E-state index is 12.3. The van der Waals surface area contributed by atoms with E-state index >= 15 is 0 Å². The Labute approximate surface area is 160 Å². The molecule has 1 N–H and O–H groups in total. The molecule has 1 aromatic rings. The monoisotopic (exact) mass is 419 g/mol. The molecule has 2 saturated heterocycles. The Morgan fingerprint density at radius 1 is 1.12 bits per heavy atom. The van der Waals surface area contributed by atoms with Gasteiger partial charge >= 0.3 is 0 Å². The lowest BCUT2D eigenvalue weighted by molar-refractivity contribution is -0.151. The summed E-state index contributed by atoms with van der Waals surface area (Å²) in [5, 5.41) is -0.0972. The van der Waals surface area contributed by atoms with Crippen molar-refractivity contribution in [3.8, 4) is 0 Å². The average Bonchev–Trinajstić information content (AvgIpc) is 2.83. The number of sulfonamides is 1. The third-order valence-electron chi connectivity index (χ3n) is 4.27. The molecule has 8 nitrogen and oxygen atoms in total. The normalized spacial score (nSPS) is 18.4. The zero-order valence-corrected chi connectivity index (χ0v) is 15.8. The number of hydrogen-bond acceptors (Lipinski definition) is 5. The molecule has 2 fully saturated rings. The number of amides is 3. The van der Waals surface area contributed by atoms with Crippen molar-refractivity contribution < 1.29 is 22.8 Å². The van der Waals surface area contributed by atoms with Crippen LogP contribution in [0.15, 0.2) is 23.1 Å². The van der Waals surface area contributed by atoms with Crippen molar-refractivity contribution in [1.29, 1.82) is 0 Å². The van der Waals surface area contributed by atoms with Gasteiger partial charge in [0, 0.05) is 25.9 Å². The van der Waals surface area contributed by atoms with Crippen molar-refractivity contribution in [3.63, 3.8) is 0 Å². The number of carbonyl (C=O) groups excluding carboxylic acids is 3. The van der Waals surface area contributed by atoms with Crippen LogP contribution in [-0.4, -0.2) is 61.6 Å². The van der Waals surface area contributed by atoms with Gasteiger partial charge in [0.15, 0.2) is 0 Å². The quantitative estimate of drug-likeness (QED) is 0.704. The smallest absolute Gasteiger partial charge is 0.244 e. The Balaban J connectivity index is 1.57. The molecule has 0 unspecified atom stereocenters. The van der Waals surface area contributed by atoms with Crippen molar-refractivity contribution in [1.82, 2.24) is 14.5 Å².